The Morgan fingerprint density at radius 2 is 1.84 bits per heavy atom. The van der Waals surface area contributed by atoms with Crippen molar-refractivity contribution in [1.29, 1.82) is 0 Å². The second-order valence-corrected chi connectivity index (χ2v) is 9.46. The van der Waals surface area contributed by atoms with Crippen LogP contribution < -0.4 is 14.8 Å². The van der Waals surface area contributed by atoms with Crippen LogP contribution in [0.15, 0.2) is 59.5 Å². The van der Waals surface area contributed by atoms with E-state index >= 15 is 0 Å². The van der Waals surface area contributed by atoms with Crippen LogP contribution in [0.2, 0.25) is 0 Å². The Hall–Kier alpha value is -2.46. The Morgan fingerprint density at radius 3 is 2.50 bits per heavy atom. The first-order chi connectivity index (χ1) is 15.4. The van der Waals surface area contributed by atoms with E-state index < -0.39 is 22.2 Å². The summed E-state index contributed by atoms with van der Waals surface area (Å²) in [5.74, 6) is 0.433. The van der Waals surface area contributed by atoms with Gasteiger partial charge in [-0.15, -0.1) is 0 Å². The Kier molecular flexibility index (Phi) is 8.63. The van der Waals surface area contributed by atoms with Crippen LogP contribution in [-0.2, 0) is 26.0 Å². The molecule has 0 aromatic heterocycles. The molecule has 8 nitrogen and oxygen atoms in total. The number of amides is 1. The van der Waals surface area contributed by atoms with Crippen molar-refractivity contribution in [3.8, 4) is 5.75 Å². The first-order valence-electron chi connectivity index (χ1n) is 10.6. The maximum absolute atomic E-state index is 12.7. The smallest absolute Gasteiger partial charge is 0.240 e. The van der Waals surface area contributed by atoms with Crippen molar-refractivity contribution in [3.63, 3.8) is 0 Å². The number of hydrogen-bond acceptors (Lipinski definition) is 6. The van der Waals surface area contributed by atoms with Gasteiger partial charge in [0.2, 0.25) is 15.9 Å². The van der Waals surface area contributed by atoms with Crippen molar-refractivity contribution in [1.82, 2.24) is 10.0 Å². The highest BCUT2D eigenvalue weighted by Crippen LogP contribution is 2.24. The molecule has 1 aliphatic rings. The molecule has 0 aliphatic carbocycles. The first kappa shape index (κ1) is 24.2. The Bertz CT molecular complexity index is 966. The van der Waals surface area contributed by atoms with Crippen LogP contribution in [0.25, 0.3) is 0 Å². The van der Waals surface area contributed by atoms with Gasteiger partial charge in [0.05, 0.1) is 43.3 Å². The molecule has 2 aromatic rings. The normalized spacial score (nSPS) is 21.1. The van der Waals surface area contributed by atoms with E-state index in [1.807, 2.05) is 30.3 Å². The Balaban J connectivity index is 1.48. The minimum absolute atomic E-state index is 0.106. The van der Waals surface area contributed by atoms with Gasteiger partial charge in [-0.05, 0) is 49.1 Å². The molecule has 9 heteroatoms. The van der Waals surface area contributed by atoms with Crippen molar-refractivity contribution < 1.29 is 27.8 Å². The highest BCUT2D eigenvalue weighted by molar-refractivity contribution is 7.89. The van der Waals surface area contributed by atoms with Crippen LogP contribution in [0.3, 0.4) is 0 Å². The average molecular weight is 463 g/mol. The number of hydrogen-bond donors (Lipinski definition) is 3. The third kappa shape index (κ3) is 6.77. The minimum Gasteiger partial charge on any atom is -0.497 e. The van der Waals surface area contributed by atoms with E-state index in [9.17, 15) is 18.3 Å². The van der Waals surface area contributed by atoms with Gasteiger partial charge >= 0.3 is 0 Å². The summed E-state index contributed by atoms with van der Waals surface area (Å²) in [6.45, 7) is 0.186. The fourth-order valence-corrected chi connectivity index (χ4v) is 5.01. The van der Waals surface area contributed by atoms with Crippen LogP contribution in [0.4, 0.5) is 0 Å². The summed E-state index contributed by atoms with van der Waals surface area (Å²) in [5.41, 5.74) is 1.15. The highest BCUT2D eigenvalue weighted by atomic mass is 32.2. The number of aliphatic hydroxyl groups is 1. The maximum Gasteiger partial charge on any atom is 0.240 e. The summed E-state index contributed by atoms with van der Waals surface area (Å²) in [7, 11) is -2.28. The second kappa shape index (κ2) is 11.4. The third-order valence-corrected chi connectivity index (χ3v) is 6.97. The molecule has 0 spiro atoms. The highest BCUT2D eigenvalue weighted by Gasteiger charge is 2.34. The Labute approximate surface area is 189 Å². The van der Waals surface area contributed by atoms with Gasteiger partial charge in [-0.25, -0.2) is 13.1 Å². The van der Waals surface area contributed by atoms with Crippen LogP contribution in [0, 0.1) is 0 Å². The van der Waals surface area contributed by atoms with Crippen LogP contribution in [-0.4, -0.2) is 57.9 Å². The quantitative estimate of drug-likeness (QED) is 0.495. The van der Waals surface area contributed by atoms with E-state index in [2.05, 4.69) is 10.0 Å². The van der Waals surface area contributed by atoms with Crippen LogP contribution in [0.5, 0.6) is 5.75 Å². The van der Waals surface area contributed by atoms with Gasteiger partial charge in [0.25, 0.3) is 0 Å². The molecular weight excluding hydrogens is 432 g/mol. The molecule has 1 amide bonds. The molecule has 1 saturated heterocycles. The van der Waals surface area contributed by atoms with E-state index in [-0.39, 0.29) is 29.9 Å². The van der Waals surface area contributed by atoms with Gasteiger partial charge in [0.15, 0.2) is 0 Å². The fourth-order valence-electron chi connectivity index (χ4n) is 3.71. The van der Waals surface area contributed by atoms with Gasteiger partial charge in [-0.3, -0.25) is 4.79 Å². The number of aliphatic hydroxyl groups excluding tert-OH is 1. The zero-order valence-corrected chi connectivity index (χ0v) is 18.9. The lowest BCUT2D eigenvalue weighted by Gasteiger charge is -2.35. The lowest BCUT2D eigenvalue weighted by Crippen LogP contribution is -2.51. The zero-order valence-electron chi connectivity index (χ0n) is 18.1. The van der Waals surface area contributed by atoms with E-state index in [4.69, 9.17) is 9.47 Å². The van der Waals surface area contributed by atoms with Crippen molar-refractivity contribution >= 4 is 15.9 Å². The lowest BCUT2D eigenvalue weighted by atomic mass is 9.98. The number of rotatable bonds is 10. The fraction of sp³-hybridized carbons (Fsp3) is 0.435. The van der Waals surface area contributed by atoms with E-state index in [0.29, 0.717) is 25.1 Å². The van der Waals surface area contributed by atoms with Gasteiger partial charge in [-0.2, -0.15) is 0 Å². The number of carbonyl (C=O) groups excluding carboxylic acids is 1. The number of benzene rings is 2. The summed E-state index contributed by atoms with van der Waals surface area (Å²) < 4.78 is 38.9. The molecule has 174 valence electrons. The number of carbonyl (C=O) groups is 1. The first-order valence-corrected chi connectivity index (χ1v) is 12.1. The summed E-state index contributed by atoms with van der Waals surface area (Å²) in [6, 6.07) is 15.4. The van der Waals surface area contributed by atoms with Crippen LogP contribution >= 0.6 is 0 Å². The third-order valence-electron chi connectivity index (χ3n) is 5.46. The maximum atomic E-state index is 12.7. The lowest BCUT2D eigenvalue weighted by molar-refractivity contribution is -0.130. The van der Waals surface area contributed by atoms with Gasteiger partial charge < -0.3 is 19.9 Å². The topological polar surface area (TPSA) is 114 Å². The van der Waals surface area contributed by atoms with Crippen LogP contribution in [0.1, 0.15) is 24.8 Å². The predicted molar refractivity (Wildman–Crippen MR) is 120 cm³/mol. The predicted octanol–water partition coefficient (Wildman–Crippen LogP) is 1.63. The molecule has 1 aliphatic heterocycles. The molecule has 0 bridgehead atoms. The monoisotopic (exact) mass is 462 g/mol. The van der Waals surface area contributed by atoms with Gasteiger partial charge in [0, 0.05) is 6.54 Å². The SMILES string of the molecule is COc1ccc(S(=O)(=O)N[C@H]2CC[C@@H](CC(=O)NCCc3ccccc3)O[C@@H]2CO)cc1. The zero-order chi connectivity index (χ0) is 23.0. The summed E-state index contributed by atoms with van der Waals surface area (Å²) in [5, 5.41) is 12.6. The molecule has 2 aromatic carbocycles. The number of sulfonamides is 1. The van der Waals surface area contributed by atoms with Gasteiger partial charge in [-0.1, -0.05) is 30.3 Å². The standard InChI is InChI=1S/C23H30N2O6S/c1-30-18-7-10-20(11-8-18)32(28,29)25-21-12-9-19(31-22(21)16-26)15-23(27)24-14-13-17-5-3-2-4-6-17/h2-8,10-11,19,21-22,25-26H,9,12-16H2,1H3,(H,24,27)/t19-,21-,22+/m0/s1. The molecule has 0 saturated carbocycles. The molecule has 32 heavy (non-hydrogen) atoms. The minimum atomic E-state index is -3.78. The van der Waals surface area contributed by atoms with Crippen molar-refractivity contribution in [2.45, 2.75) is 48.8 Å². The number of ether oxygens (including phenoxy) is 2. The second-order valence-electron chi connectivity index (χ2n) is 7.75. The summed E-state index contributed by atoms with van der Waals surface area (Å²) in [4.78, 5) is 12.4. The molecule has 1 fully saturated rings. The van der Waals surface area contributed by atoms with E-state index in [1.54, 1.807) is 12.1 Å². The molecule has 3 atom stereocenters. The number of methoxy groups -OCH3 is 1. The van der Waals surface area contributed by atoms with Crippen molar-refractivity contribution in [2.24, 2.45) is 0 Å². The largest absolute Gasteiger partial charge is 0.497 e. The molecule has 0 radical (unpaired) electrons. The van der Waals surface area contributed by atoms with Crippen molar-refractivity contribution in [3.05, 3.63) is 60.2 Å². The molecule has 1 heterocycles. The molecule has 3 rings (SSSR count). The van der Waals surface area contributed by atoms with E-state index in [1.165, 1.54) is 19.2 Å². The molecular formula is C23H30N2O6S. The van der Waals surface area contributed by atoms with Crippen molar-refractivity contribution in [2.75, 3.05) is 20.3 Å². The summed E-state index contributed by atoms with van der Waals surface area (Å²) >= 11 is 0. The average Bonchev–Trinajstić information content (AvgIpc) is 2.80. The number of nitrogens with one attached hydrogen (secondary N) is 2. The van der Waals surface area contributed by atoms with E-state index in [0.717, 1.165) is 12.0 Å². The molecule has 3 N–H and O–H groups in total. The summed E-state index contributed by atoms with van der Waals surface area (Å²) in [6.07, 6.45) is 0.793. The van der Waals surface area contributed by atoms with Gasteiger partial charge in [0.1, 0.15) is 5.75 Å². The molecule has 0 unspecified atom stereocenters. The Morgan fingerprint density at radius 1 is 1.12 bits per heavy atom.